The van der Waals surface area contributed by atoms with Crippen molar-refractivity contribution in [1.29, 1.82) is 0 Å². The minimum atomic E-state index is -3.61. The van der Waals surface area contributed by atoms with E-state index in [0.29, 0.717) is 35.2 Å². The molecule has 0 bridgehead atoms. The van der Waals surface area contributed by atoms with Crippen molar-refractivity contribution in [2.24, 2.45) is 5.92 Å². The number of ether oxygens (including phenoxy) is 1. The molecule has 3 aromatic carbocycles. The maximum atomic E-state index is 12.8. The van der Waals surface area contributed by atoms with Crippen molar-refractivity contribution >= 4 is 21.6 Å². The molecule has 0 aliphatic rings. The van der Waals surface area contributed by atoms with Crippen LogP contribution in [0.1, 0.15) is 55.5 Å². The number of unbranched alkanes of at least 4 members (excludes halogenated alkanes) is 1. The molecule has 36 heavy (non-hydrogen) atoms. The first-order valence-corrected chi connectivity index (χ1v) is 14.3. The summed E-state index contributed by atoms with van der Waals surface area (Å²) in [6.45, 7) is 5.10. The van der Waals surface area contributed by atoms with Crippen LogP contribution in [0.2, 0.25) is 0 Å². The summed E-state index contributed by atoms with van der Waals surface area (Å²) < 4.78 is 32.9. The van der Waals surface area contributed by atoms with Gasteiger partial charge in [0.25, 0.3) is 5.91 Å². The summed E-state index contributed by atoms with van der Waals surface area (Å²) in [6, 6.07) is 23.4. The highest BCUT2D eigenvalue weighted by atomic mass is 32.2. The number of hydrogen-bond acceptors (Lipinski definition) is 4. The Morgan fingerprint density at radius 3 is 2.25 bits per heavy atom. The molecule has 7 heteroatoms. The van der Waals surface area contributed by atoms with Gasteiger partial charge in [0, 0.05) is 12.1 Å². The van der Waals surface area contributed by atoms with E-state index in [4.69, 9.17) is 4.74 Å². The number of sulfonamides is 1. The number of benzene rings is 3. The topological polar surface area (TPSA) is 75.7 Å². The van der Waals surface area contributed by atoms with Gasteiger partial charge in [-0.25, -0.2) is 8.42 Å². The molecule has 0 aliphatic heterocycles. The van der Waals surface area contributed by atoms with E-state index in [0.717, 1.165) is 24.8 Å². The Morgan fingerprint density at radius 1 is 0.944 bits per heavy atom. The first kappa shape index (κ1) is 27.3. The third kappa shape index (κ3) is 7.85. The normalized spacial score (nSPS) is 12.1. The van der Waals surface area contributed by atoms with Gasteiger partial charge in [-0.2, -0.15) is 0 Å². The Hall–Kier alpha value is -3.32. The Morgan fingerprint density at radius 2 is 1.61 bits per heavy atom. The molecule has 0 fully saturated rings. The fourth-order valence-electron chi connectivity index (χ4n) is 3.96. The Labute approximate surface area is 215 Å². The van der Waals surface area contributed by atoms with E-state index in [1.54, 1.807) is 48.5 Å². The molecule has 3 rings (SSSR count). The quantitative estimate of drug-likeness (QED) is 0.290. The number of para-hydroxylation sites is 3. The molecule has 0 radical (unpaired) electrons. The van der Waals surface area contributed by atoms with Crippen LogP contribution < -0.4 is 14.4 Å². The number of amides is 1. The maximum absolute atomic E-state index is 12.8. The average molecular weight is 509 g/mol. The van der Waals surface area contributed by atoms with Crippen molar-refractivity contribution in [3.05, 3.63) is 90.0 Å². The van der Waals surface area contributed by atoms with Crippen molar-refractivity contribution in [2.75, 3.05) is 17.1 Å². The van der Waals surface area contributed by atoms with E-state index in [1.807, 2.05) is 30.3 Å². The second-order valence-corrected chi connectivity index (χ2v) is 10.9. The van der Waals surface area contributed by atoms with E-state index in [9.17, 15) is 13.2 Å². The molecule has 0 aromatic heterocycles. The monoisotopic (exact) mass is 508 g/mol. The standard InChI is InChI=1S/C29H36N2O4S/c1-4-6-12-23(5-2)21-30-29(32)25-19-17-24(18-20-25)22-31(36(3,33)34)27-15-10-11-16-28(27)35-26-13-8-7-9-14-26/h7-11,13-20,23H,4-6,12,21-22H2,1-3H3,(H,30,32)/t23-/m1/s1. The lowest BCUT2D eigenvalue weighted by molar-refractivity contribution is 0.0946. The summed E-state index contributed by atoms with van der Waals surface area (Å²) in [5.41, 5.74) is 1.77. The summed E-state index contributed by atoms with van der Waals surface area (Å²) in [6.07, 6.45) is 5.65. The van der Waals surface area contributed by atoms with E-state index in [2.05, 4.69) is 19.2 Å². The fourth-order valence-corrected chi connectivity index (χ4v) is 4.85. The molecular weight excluding hydrogens is 472 g/mol. The Balaban J connectivity index is 1.74. The molecule has 0 heterocycles. The van der Waals surface area contributed by atoms with Crippen LogP contribution in [-0.4, -0.2) is 27.1 Å². The van der Waals surface area contributed by atoms with Crippen molar-refractivity contribution in [3.63, 3.8) is 0 Å². The third-order valence-electron chi connectivity index (χ3n) is 6.14. The van der Waals surface area contributed by atoms with Gasteiger partial charge in [-0.05, 0) is 54.3 Å². The van der Waals surface area contributed by atoms with Crippen LogP contribution in [0.5, 0.6) is 11.5 Å². The summed E-state index contributed by atoms with van der Waals surface area (Å²) >= 11 is 0. The van der Waals surface area contributed by atoms with Crippen molar-refractivity contribution in [3.8, 4) is 11.5 Å². The number of carbonyl (C=O) groups is 1. The van der Waals surface area contributed by atoms with E-state index >= 15 is 0 Å². The van der Waals surface area contributed by atoms with Gasteiger partial charge < -0.3 is 10.1 Å². The van der Waals surface area contributed by atoms with Crippen LogP contribution in [0, 0.1) is 5.92 Å². The lowest BCUT2D eigenvalue weighted by Gasteiger charge is -2.25. The predicted molar refractivity (Wildman–Crippen MR) is 146 cm³/mol. The molecular formula is C29H36N2O4S. The van der Waals surface area contributed by atoms with Crippen LogP contribution in [-0.2, 0) is 16.6 Å². The molecule has 1 amide bonds. The fraction of sp³-hybridized carbons (Fsp3) is 0.345. The highest BCUT2D eigenvalue weighted by Gasteiger charge is 2.22. The SMILES string of the molecule is CCCC[C@@H](CC)CNC(=O)c1ccc(CN(c2ccccc2Oc2ccccc2)S(C)(=O)=O)cc1. The van der Waals surface area contributed by atoms with E-state index < -0.39 is 10.0 Å². The molecule has 0 aliphatic carbocycles. The first-order chi connectivity index (χ1) is 17.3. The van der Waals surface area contributed by atoms with E-state index in [-0.39, 0.29) is 12.5 Å². The molecule has 0 saturated carbocycles. The number of rotatable bonds is 13. The van der Waals surface area contributed by atoms with E-state index in [1.165, 1.54) is 17.0 Å². The van der Waals surface area contributed by atoms with Gasteiger partial charge in [-0.3, -0.25) is 9.10 Å². The Bertz CT molecular complexity index is 1210. The van der Waals surface area contributed by atoms with Crippen molar-refractivity contribution in [2.45, 2.75) is 46.1 Å². The van der Waals surface area contributed by atoms with Gasteiger partial charge in [0.05, 0.1) is 18.5 Å². The summed E-state index contributed by atoms with van der Waals surface area (Å²) in [5.74, 6) is 1.43. The molecule has 192 valence electrons. The van der Waals surface area contributed by atoms with Crippen molar-refractivity contribution in [1.82, 2.24) is 5.32 Å². The molecule has 3 aromatic rings. The molecule has 6 nitrogen and oxygen atoms in total. The zero-order valence-electron chi connectivity index (χ0n) is 21.3. The Kier molecular flexibility index (Phi) is 9.94. The zero-order valence-corrected chi connectivity index (χ0v) is 22.1. The van der Waals surface area contributed by atoms with Crippen LogP contribution >= 0.6 is 0 Å². The first-order valence-electron chi connectivity index (χ1n) is 12.5. The second-order valence-electron chi connectivity index (χ2n) is 8.98. The highest BCUT2D eigenvalue weighted by Crippen LogP contribution is 2.34. The smallest absolute Gasteiger partial charge is 0.251 e. The molecule has 0 spiro atoms. The number of nitrogens with one attached hydrogen (secondary N) is 1. The number of hydrogen-bond donors (Lipinski definition) is 1. The van der Waals surface area contributed by atoms with Crippen LogP contribution in [0.15, 0.2) is 78.9 Å². The number of anilines is 1. The second kappa shape index (κ2) is 13.1. The van der Waals surface area contributed by atoms with Gasteiger partial charge in [0.15, 0.2) is 5.75 Å². The van der Waals surface area contributed by atoms with Gasteiger partial charge in [-0.1, -0.05) is 75.6 Å². The minimum absolute atomic E-state index is 0.113. The highest BCUT2D eigenvalue weighted by molar-refractivity contribution is 7.92. The van der Waals surface area contributed by atoms with Gasteiger partial charge in [-0.15, -0.1) is 0 Å². The van der Waals surface area contributed by atoms with Gasteiger partial charge >= 0.3 is 0 Å². The largest absolute Gasteiger partial charge is 0.455 e. The third-order valence-corrected chi connectivity index (χ3v) is 7.27. The predicted octanol–water partition coefficient (Wildman–Crippen LogP) is 6.39. The van der Waals surface area contributed by atoms with Gasteiger partial charge in [0.2, 0.25) is 10.0 Å². The van der Waals surface area contributed by atoms with Crippen LogP contribution in [0.25, 0.3) is 0 Å². The molecule has 0 saturated heterocycles. The zero-order chi connectivity index (χ0) is 26.0. The molecule has 0 unspecified atom stereocenters. The van der Waals surface area contributed by atoms with Gasteiger partial charge in [0.1, 0.15) is 5.75 Å². The lowest BCUT2D eigenvalue weighted by Crippen LogP contribution is -2.30. The number of nitrogens with zero attached hydrogens (tertiary/aromatic N) is 1. The molecule has 1 N–H and O–H groups in total. The summed E-state index contributed by atoms with van der Waals surface area (Å²) in [4.78, 5) is 12.6. The minimum Gasteiger partial charge on any atom is -0.455 e. The average Bonchev–Trinajstić information content (AvgIpc) is 2.88. The summed E-state index contributed by atoms with van der Waals surface area (Å²) in [7, 11) is -3.61. The summed E-state index contributed by atoms with van der Waals surface area (Å²) in [5, 5.41) is 3.04. The molecule has 1 atom stereocenters. The van der Waals surface area contributed by atoms with Crippen LogP contribution in [0.3, 0.4) is 0 Å². The van der Waals surface area contributed by atoms with Crippen molar-refractivity contribution < 1.29 is 17.9 Å². The number of carbonyl (C=O) groups excluding carboxylic acids is 1. The maximum Gasteiger partial charge on any atom is 0.251 e. The lowest BCUT2D eigenvalue weighted by atomic mass is 9.99. The van der Waals surface area contributed by atoms with Crippen LogP contribution in [0.4, 0.5) is 5.69 Å².